The third-order valence-electron chi connectivity index (χ3n) is 5.79. The molecule has 166 valence electrons. The Kier molecular flexibility index (Phi) is 5.35. The van der Waals surface area contributed by atoms with E-state index in [4.69, 9.17) is 4.74 Å². The number of halogens is 6. The van der Waals surface area contributed by atoms with Crippen molar-refractivity contribution in [2.75, 3.05) is 4.90 Å². The number of hydrogen-bond donors (Lipinski definition) is 0. The first-order valence-corrected chi connectivity index (χ1v) is 9.71. The van der Waals surface area contributed by atoms with Crippen molar-refractivity contribution in [1.29, 1.82) is 0 Å². The van der Waals surface area contributed by atoms with Gasteiger partial charge in [-0.2, -0.15) is 26.3 Å². The van der Waals surface area contributed by atoms with Crippen molar-refractivity contribution in [2.24, 2.45) is 0 Å². The van der Waals surface area contributed by atoms with Crippen LogP contribution in [-0.2, 0) is 12.4 Å². The first-order valence-electron chi connectivity index (χ1n) is 9.71. The summed E-state index contributed by atoms with van der Waals surface area (Å²) in [7, 11) is 0. The van der Waals surface area contributed by atoms with E-state index in [9.17, 15) is 31.1 Å². The molecule has 4 nitrogen and oxygen atoms in total. The highest BCUT2D eigenvalue weighted by Gasteiger charge is 2.43. The van der Waals surface area contributed by atoms with E-state index < -0.39 is 23.5 Å². The monoisotopic (exact) mass is 444 g/mol. The van der Waals surface area contributed by atoms with Crippen molar-refractivity contribution in [2.45, 2.75) is 56.2 Å². The number of pyridine rings is 1. The highest BCUT2D eigenvalue weighted by molar-refractivity contribution is 5.79. The van der Waals surface area contributed by atoms with Gasteiger partial charge in [0.25, 0.3) is 0 Å². The van der Waals surface area contributed by atoms with E-state index in [-0.39, 0.29) is 29.5 Å². The highest BCUT2D eigenvalue weighted by Crippen LogP contribution is 2.41. The minimum atomic E-state index is -4.56. The molecule has 0 spiro atoms. The highest BCUT2D eigenvalue weighted by atomic mass is 19.4. The van der Waals surface area contributed by atoms with Gasteiger partial charge in [0.15, 0.2) is 6.29 Å². The van der Waals surface area contributed by atoms with Crippen molar-refractivity contribution in [3.8, 4) is 5.75 Å². The smallest absolute Gasteiger partial charge is 0.417 e. The van der Waals surface area contributed by atoms with Gasteiger partial charge in [0.05, 0.1) is 16.7 Å². The van der Waals surface area contributed by atoms with Gasteiger partial charge in [-0.05, 0) is 43.2 Å². The van der Waals surface area contributed by atoms with Gasteiger partial charge in [0, 0.05) is 31.1 Å². The van der Waals surface area contributed by atoms with Crippen molar-refractivity contribution >= 4 is 12.1 Å². The molecular formula is C21H18F6N2O2. The average Bonchev–Trinajstić information content (AvgIpc) is 2.97. The molecule has 0 aliphatic carbocycles. The van der Waals surface area contributed by atoms with Gasteiger partial charge >= 0.3 is 12.4 Å². The number of anilines is 1. The van der Waals surface area contributed by atoms with Crippen molar-refractivity contribution < 1.29 is 35.9 Å². The molecule has 2 aliphatic rings. The van der Waals surface area contributed by atoms with Crippen molar-refractivity contribution in [3.63, 3.8) is 0 Å². The summed E-state index contributed by atoms with van der Waals surface area (Å²) < 4.78 is 82.8. The number of aldehydes is 1. The molecular weight excluding hydrogens is 426 g/mol. The number of nitrogens with zero attached hydrogens (tertiary/aromatic N) is 2. The number of rotatable bonds is 4. The molecule has 2 saturated heterocycles. The molecule has 2 atom stereocenters. The van der Waals surface area contributed by atoms with Crippen LogP contribution >= 0.6 is 0 Å². The van der Waals surface area contributed by atoms with Crippen LogP contribution in [0.1, 0.15) is 47.2 Å². The molecule has 1 aromatic carbocycles. The van der Waals surface area contributed by atoms with E-state index in [0.29, 0.717) is 24.9 Å². The van der Waals surface area contributed by atoms with Crippen molar-refractivity contribution in [3.05, 3.63) is 53.2 Å². The zero-order chi connectivity index (χ0) is 22.4. The number of piperidine rings is 1. The summed E-state index contributed by atoms with van der Waals surface area (Å²) in [6, 6.07) is 5.12. The van der Waals surface area contributed by atoms with E-state index >= 15 is 0 Å². The topological polar surface area (TPSA) is 42.4 Å². The summed E-state index contributed by atoms with van der Waals surface area (Å²) in [5.41, 5.74) is -1.91. The third-order valence-corrected chi connectivity index (χ3v) is 5.79. The Hall–Kier alpha value is -2.78. The number of aromatic nitrogens is 1. The molecule has 2 fully saturated rings. The lowest BCUT2D eigenvalue weighted by molar-refractivity contribution is -0.138. The molecule has 2 aromatic rings. The fourth-order valence-corrected chi connectivity index (χ4v) is 4.41. The Morgan fingerprint density at radius 1 is 0.935 bits per heavy atom. The second-order valence-electron chi connectivity index (χ2n) is 7.77. The maximum Gasteiger partial charge on any atom is 0.417 e. The van der Waals surface area contributed by atoms with Crippen LogP contribution in [0.4, 0.5) is 32.2 Å². The summed E-state index contributed by atoms with van der Waals surface area (Å²) in [6.45, 7) is 0. The number of fused-ring (bicyclic) bond motifs is 2. The molecule has 4 rings (SSSR count). The van der Waals surface area contributed by atoms with E-state index in [0.717, 1.165) is 43.3 Å². The molecule has 1 aromatic heterocycles. The van der Waals surface area contributed by atoms with Gasteiger partial charge in [-0.1, -0.05) is 0 Å². The Balaban J connectivity index is 1.48. The average molecular weight is 444 g/mol. The molecule has 31 heavy (non-hydrogen) atoms. The second kappa shape index (κ2) is 7.72. The molecule has 0 N–H and O–H groups in total. The first-order chi connectivity index (χ1) is 14.6. The molecule has 10 heteroatoms. The van der Waals surface area contributed by atoms with E-state index in [1.165, 1.54) is 6.07 Å². The summed E-state index contributed by atoms with van der Waals surface area (Å²) >= 11 is 0. The Morgan fingerprint density at radius 3 is 2.06 bits per heavy atom. The zero-order valence-corrected chi connectivity index (χ0v) is 16.1. The minimum Gasteiger partial charge on any atom is -0.490 e. The SMILES string of the molecule is O=Cc1cc(C(F)(F)F)ccc1OC1CC2CCC(C1)N2c1ccc(C(F)(F)F)cn1. The first kappa shape index (κ1) is 21.5. The van der Waals surface area contributed by atoms with Crippen LogP contribution in [0.2, 0.25) is 0 Å². The Morgan fingerprint density at radius 2 is 1.55 bits per heavy atom. The lowest BCUT2D eigenvalue weighted by Gasteiger charge is -2.39. The molecule has 2 bridgehead atoms. The molecule has 0 radical (unpaired) electrons. The van der Waals surface area contributed by atoms with Gasteiger partial charge in [0.2, 0.25) is 0 Å². The van der Waals surface area contributed by atoms with Crippen LogP contribution in [-0.4, -0.2) is 29.5 Å². The predicted octanol–water partition coefficient (Wildman–Crippen LogP) is 5.51. The maximum atomic E-state index is 12.9. The molecule has 0 saturated carbocycles. The number of benzene rings is 1. The minimum absolute atomic E-state index is 0.0119. The lowest BCUT2D eigenvalue weighted by Crippen LogP contribution is -2.47. The van der Waals surface area contributed by atoms with Crippen LogP contribution in [0.3, 0.4) is 0 Å². The second-order valence-corrected chi connectivity index (χ2v) is 7.77. The van der Waals surface area contributed by atoms with Gasteiger partial charge in [-0.25, -0.2) is 4.98 Å². The third kappa shape index (κ3) is 4.33. The summed E-state index contributed by atoms with van der Waals surface area (Å²) in [5, 5.41) is 0. The predicted molar refractivity (Wildman–Crippen MR) is 99.0 cm³/mol. The quantitative estimate of drug-likeness (QED) is 0.461. The van der Waals surface area contributed by atoms with Gasteiger partial charge in [-0.15, -0.1) is 0 Å². The summed E-state index contributed by atoms with van der Waals surface area (Å²) in [6.07, 6.45) is -5.52. The van der Waals surface area contributed by atoms with Crippen LogP contribution in [0, 0.1) is 0 Å². The Bertz CT molecular complexity index is 944. The maximum absolute atomic E-state index is 12.9. The fourth-order valence-electron chi connectivity index (χ4n) is 4.41. The lowest BCUT2D eigenvalue weighted by atomic mass is 9.99. The number of ether oxygens (including phenoxy) is 1. The summed E-state index contributed by atoms with van der Waals surface area (Å²) in [5.74, 6) is 0.551. The van der Waals surface area contributed by atoms with E-state index in [2.05, 4.69) is 4.98 Å². The molecule has 0 amide bonds. The van der Waals surface area contributed by atoms with E-state index in [1.54, 1.807) is 0 Å². The molecule has 3 heterocycles. The van der Waals surface area contributed by atoms with Crippen LogP contribution in [0.25, 0.3) is 0 Å². The van der Waals surface area contributed by atoms with Crippen LogP contribution < -0.4 is 9.64 Å². The Labute approximate surface area is 173 Å². The normalized spacial score (nSPS) is 23.7. The summed E-state index contributed by atoms with van der Waals surface area (Å²) in [4.78, 5) is 17.3. The molecule has 2 aliphatic heterocycles. The number of carbonyl (C=O) groups excluding carboxylic acids is 1. The van der Waals surface area contributed by atoms with E-state index in [1.807, 2.05) is 4.90 Å². The fraction of sp³-hybridized carbons (Fsp3) is 0.429. The van der Waals surface area contributed by atoms with Crippen molar-refractivity contribution in [1.82, 2.24) is 4.98 Å². The zero-order valence-electron chi connectivity index (χ0n) is 16.1. The standard InChI is InChI=1S/C21H18F6N2O2/c22-20(23,24)13-1-5-18(12(7-13)11-30)31-17-8-15-3-4-16(9-17)29(15)19-6-2-14(10-28-19)21(25,26)27/h1-2,5-7,10-11,15-17H,3-4,8-9H2. The largest absolute Gasteiger partial charge is 0.490 e. The van der Waals surface area contributed by atoms with Crippen LogP contribution in [0.5, 0.6) is 5.75 Å². The van der Waals surface area contributed by atoms with Gasteiger partial charge in [-0.3, -0.25) is 4.79 Å². The number of hydrogen-bond acceptors (Lipinski definition) is 4. The number of alkyl halides is 6. The van der Waals surface area contributed by atoms with Gasteiger partial charge < -0.3 is 9.64 Å². The van der Waals surface area contributed by atoms with Gasteiger partial charge in [0.1, 0.15) is 17.7 Å². The molecule has 2 unspecified atom stereocenters. The van der Waals surface area contributed by atoms with Crippen LogP contribution in [0.15, 0.2) is 36.5 Å². The number of carbonyl (C=O) groups is 1.